The Bertz CT molecular complexity index is 419. The van der Waals surface area contributed by atoms with Gasteiger partial charge in [-0.1, -0.05) is 19.9 Å². The van der Waals surface area contributed by atoms with Crippen LogP contribution in [0.3, 0.4) is 0 Å². The van der Waals surface area contributed by atoms with E-state index in [9.17, 15) is 10.1 Å². The van der Waals surface area contributed by atoms with Crippen molar-refractivity contribution in [3.63, 3.8) is 0 Å². The minimum absolute atomic E-state index is 0.00630. The Hall–Kier alpha value is -1.62. The summed E-state index contributed by atoms with van der Waals surface area (Å²) < 4.78 is 5.06. The maximum absolute atomic E-state index is 10.8. The number of nitro benzene ring substituents is 1. The first-order valence-electron chi connectivity index (χ1n) is 5.98. The number of nitrogens with zero attached hydrogens (tertiary/aromatic N) is 1. The quantitative estimate of drug-likeness (QED) is 0.623. The zero-order valence-corrected chi connectivity index (χ0v) is 11.3. The Morgan fingerprint density at radius 2 is 2.11 bits per heavy atom. The normalized spacial score (nSPS) is 12.5. The van der Waals surface area contributed by atoms with Crippen LogP contribution in [0.25, 0.3) is 0 Å². The summed E-state index contributed by atoms with van der Waals surface area (Å²) in [6.45, 7) is 4.29. The van der Waals surface area contributed by atoms with Crippen molar-refractivity contribution in [1.82, 2.24) is 5.32 Å². The third-order valence-electron chi connectivity index (χ3n) is 3.07. The first-order chi connectivity index (χ1) is 8.49. The maximum Gasteiger partial charge on any atom is 0.310 e. The van der Waals surface area contributed by atoms with Crippen LogP contribution < -0.4 is 10.1 Å². The van der Waals surface area contributed by atoms with Crippen LogP contribution in [0.2, 0.25) is 0 Å². The van der Waals surface area contributed by atoms with E-state index in [0.29, 0.717) is 17.7 Å². The minimum atomic E-state index is -0.430. The van der Waals surface area contributed by atoms with E-state index in [1.807, 2.05) is 7.05 Å². The van der Waals surface area contributed by atoms with Crippen molar-refractivity contribution in [3.05, 3.63) is 33.9 Å². The number of nitro groups is 1. The van der Waals surface area contributed by atoms with Crippen molar-refractivity contribution < 1.29 is 9.66 Å². The van der Waals surface area contributed by atoms with Gasteiger partial charge in [0.1, 0.15) is 0 Å². The van der Waals surface area contributed by atoms with Crippen LogP contribution in [0.4, 0.5) is 5.69 Å². The number of hydrogen-bond acceptors (Lipinski definition) is 4. The Balaban J connectivity index is 2.95. The Morgan fingerprint density at radius 1 is 1.44 bits per heavy atom. The molecule has 0 amide bonds. The summed E-state index contributed by atoms with van der Waals surface area (Å²) in [5.41, 5.74) is 1.04. The fourth-order valence-electron chi connectivity index (χ4n) is 1.92. The van der Waals surface area contributed by atoms with Gasteiger partial charge >= 0.3 is 5.69 Å². The summed E-state index contributed by atoms with van der Waals surface area (Å²) in [5.74, 6) is 0.812. The highest BCUT2D eigenvalue weighted by molar-refractivity contribution is 5.48. The average molecular weight is 252 g/mol. The summed E-state index contributed by atoms with van der Waals surface area (Å²) in [7, 11) is 3.37. The largest absolute Gasteiger partial charge is 0.490 e. The zero-order chi connectivity index (χ0) is 13.7. The van der Waals surface area contributed by atoms with Gasteiger partial charge in [-0.25, -0.2) is 0 Å². The number of ether oxygens (including phenoxy) is 1. The Labute approximate surface area is 107 Å². The summed E-state index contributed by atoms with van der Waals surface area (Å²) >= 11 is 0. The molecule has 1 unspecified atom stereocenters. The molecule has 0 aliphatic heterocycles. The fourth-order valence-corrected chi connectivity index (χ4v) is 1.92. The van der Waals surface area contributed by atoms with E-state index in [1.54, 1.807) is 12.1 Å². The molecule has 0 saturated heterocycles. The van der Waals surface area contributed by atoms with Crippen molar-refractivity contribution in [2.75, 3.05) is 14.2 Å². The van der Waals surface area contributed by atoms with Gasteiger partial charge in [0.25, 0.3) is 0 Å². The molecule has 1 rings (SSSR count). The predicted octanol–water partition coefficient (Wildman–Crippen LogP) is 2.39. The molecular formula is C13H20N2O3. The van der Waals surface area contributed by atoms with Gasteiger partial charge in [-0.3, -0.25) is 10.1 Å². The summed E-state index contributed by atoms with van der Waals surface area (Å²) in [6.07, 6.45) is 0.822. The van der Waals surface area contributed by atoms with E-state index in [0.717, 1.165) is 12.0 Å². The SMILES string of the molecule is CNC(Cc1ccc([N+](=O)[O-])c(OC)c1)C(C)C. The Kier molecular flexibility index (Phi) is 5.09. The lowest BCUT2D eigenvalue weighted by Crippen LogP contribution is -2.32. The lowest BCUT2D eigenvalue weighted by atomic mass is 9.96. The van der Waals surface area contributed by atoms with Crippen molar-refractivity contribution in [1.29, 1.82) is 0 Å². The second-order valence-corrected chi connectivity index (χ2v) is 4.61. The van der Waals surface area contributed by atoms with Gasteiger partial charge in [-0.05, 0) is 31.0 Å². The average Bonchev–Trinajstić information content (AvgIpc) is 2.34. The highest BCUT2D eigenvalue weighted by atomic mass is 16.6. The van der Waals surface area contributed by atoms with Crippen LogP contribution in [0.1, 0.15) is 19.4 Å². The number of rotatable bonds is 6. The van der Waals surface area contributed by atoms with Gasteiger partial charge < -0.3 is 10.1 Å². The van der Waals surface area contributed by atoms with Crippen LogP contribution in [0, 0.1) is 16.0 Å². The molecule has 1 aromatic carbocycles. The molecule has 0 heterocycles. The molecule has 0 fully saturated rings. The summed E-state index contributed by atoms with van der Waals surface area (Å²) in [4.78, 5) is 10.4. The first-order valence-corrected chi connectivity index (χ1v) is 5.98. The summed E-state index contributed by atoms with van der Waals surface area (Å²) in [5, 5.41) is 14.0. The van der Waals surface area contributed by atoms with Gasteiger partial charge in [-0.15, -0.1) is 0 Å². The monoisotopic (exact) mass is 252 g/mol. The lowest BCUT2D eigenvalue weighted by molar-refractivity contribution is -0.385. The number of hydrogen-bond donors (Lipinski definition) is 1. The molecule has 1 N–H and O–H groups in total. The molecule has 0 aliphatic rings. The molecule has 0 bridgehead atoms. The van der Waals surface area contributed by atoms with Gasteiger partial charge in [0.2, 0.25) is 0 Å². The standard InChI is InChI=1S/C13H20N2O3/c1-9(2)11(14-3)7-10-5-6-12(15(16)17)13(8-10)18-4/h5-6,8-9,11,14H,7H2,1-4H3. The van der Waals surface area contributed by atoms with E-state index < -0.39 is 4.92 Å². The molecule has 0 saturated carbocycles. The van der Waals surface area contributed by atoms with E-state index in [4.69, 9.17) is 4.74 Å². The molecule has 1 aromatic rings. The summed E-state index contributed by atoms with van der Waals surface area (Å²) in [6, 6.07) is 5.37. The second kappa shape index (κ2) is 6.35. The molecule has 0 aliphatic carbocycles. The van der Waals surface area contributed by atoms with E-state index in [-0.39, 0.29) is 5.69 Å². The molecule has 100 valence electrons. The highest BCUT2D eigenvalue weighted by Crippen LogP contribution is 2.28. The van der Waals surface area contributed by atoms with Crippen molar-refractivity contribution in [3.8, 4) is 5.75 Å². The third kappa shape index (κ3) is 3.43. The Morgan fingerprint density at radius 3 is 2.56 bits per heavy atom. The molecule has 18 heavy (non-hydrogen) atoms. The molecule has 5 heteroatoms. The zero-order valence-electron chi connectivity index (χ0n) is 11.3. The van der Waals surface area contributed by atoms with Crippen LogP contribution in [0.15, 0.2) is 18.2 Å². The number of benzene rings is 1. The molecule has 1 atom stereocenters. The fraction of sp³-hybridized carbons (Fsp3) is 0.538. The topological polar surface area (TPSA) is 64.4 Å². The smallest absolute Gasteiger partial charge is 0.310 e. The number of methoxy groups -OCH3 is 1. The van der Waals surface area contributed by atoms with Crippen LogP contribution >= 0.6 is 0 Å². The predicted molar refractivity (Wildman–Crippen MR) is 71.0 cm³/mol. The second-order valence-electron chi connectivity index (χ2n) is 4.61. The van der Waals surface area contributed by atoms with Crippen LogP contribution in [0.5, 0.6) is 5.75 Å². The minimum Gasteiger partial charge on any atom is -0.490 e. The molecule has 5 nitrogen and oxygen atoms in total. The van der Waals surface area contributed by atoms with Crippen molar-refractivity contribution in [2.45, 2.75) is 26.3 Å². The van der Waals surface area contributed by atoms with Crippen LogP contribution in [-0.2, 0) is 6.42 Å². The number of nitrogens with one attached hydrogen (secondary N) is 1. The lowest BCUT2D eigenvalue weighted by Gasteiger charge is -2.20. The van der Waals surface area contributed by atoms with Crippen molar-refractivity contribution in [2.24, 2.45) is 5.92 Å². The number of likely N-dealkylation sites (N-methyl/N-ethyl adjacent to an activating group) is 1. The van der Waals surface area contributed by atoms with E-state index in [1.165, 1.54) is 13.2 Å². The maximum atomic E-state index is 10.8. The van der Waals surface area contributed by atoms with E-state index in [2.05, 4.69) is 19.2 Å². The van der Waals surface area contributed by atoms with E-state index >= 15 is 0 Å². The van der Waals surface area contributed by atoms with Gasteiger partial charge in [0.05, 0.1) is 12.0 Å². The first kappa shape index (κ1) is 14.4. The van der Waals surface area contributed by atoms with Gasteiger partial charge in [0, 0.05) is 12.1 Å². The van der Waals surface area contributed by atoms with Crippen molar-refractivity contribution >= 4 is 5.69 Å². The highest BCUT2D eigenvalue weighted by Gasteiger charge is 2.17. The molecule has 0 aromatic heterocycles. The molecular weight excluding hydrogens is 232 g/mol. The molecule has 0 spiro atoms. The third-order valence-corrected chi connectivity index (χ3v) is 3.07. The van der Waals surface area contributed by atoms with Crippen LogP contribution in [-0.4, -0.2) is 25.1 Å². The van der Waals surface area contributed by atoms with Gasteiger partial charge in [0.15, 0.2) is 5.75 Å². The van der Waals surface area contributed by atoms with Gasteiger partial charge in [-0.2, -0.15) is 0 Å². The molecule has 0 radical (unpaired) electrons.